The summed E-state index contributed by atoms with van der Waals surface area (Å²) in [5, 5.41) is 0.176. The number of hydrogen-bond donors (Lipinski definition) is 3. The molecular weight excluding hydrogens is 214 g/mol. The van der Waals surface area contributed by atoms with Crippen molar-refractivity contribution in [1.82, 2.24) is 9.71 Å². The Morgan fingerprint density at radius 2 is 2.20 bits per heavy atom. The second kappa shape index (κ2) is 4.34. The third-order valence-electron chi connectivity index (χ3n) is 2.15. The third kappa shape index (κ3) is 3.33. The first-order chi connectivity index (χ1) is 6.87. The number of rotatable bonds is 5. The average Bonchev–Trinajstić information content (AvgIpc) is 2.69. The van der Waals surface area contributed by atoms with Gasteiger partial charge in [-0.15, -0.1) is 0 Å². The Kier molecular flexibility index (Phi) is 3.54. The molecule has 0 saturated heterocycles. The van der Waals surface area contributed by atoms with Gasteiger partial charge in [0.1, 0.15) is 5.03 Å². The number of nitrogens with two attached hydrogens (primary N) is 1. The Balaban J connectivity index is 2.67. The lowest BCUT2D eigenvalue weighted by Crippen LogP contribution is -2.38. The van der Waals surface area contributed by atoms with Crippen LogP contribution in [0, 0.1) is 5.41 Å². The summed E-state index contributed by atoms with van der Waals surface area (Å²) in [6, 6.07) is 3.15. The molecule has 0 saturated carbocycles. The molecule has 5 nitrogen and oxygen atoms in total. The smallest absolute Gasteiger partial charge is 0.256 e. The van der Waals surface area contributed by atoms with E-state index in [2.05, 4.69) is 9.71 Å². The first-order valence-electron chi connectivity index (χ1n) is 4.70. The van der Waals surface area contributed by atoms with Crippen LogP contribution >= 0.6 is 0 Å². The Morgan fingerprint density at radius 1 is 1.53 bits per heavy atom. The zero-order chi connectivity index (χ0) is 11.5. The number of aromatic nitrogens is 1. The van der Waals surface area contributed by atoms with Gasteiger partial charge in [0.15, 0.2) is 0 Å². The molecule has 0 bridgehead atoms. The molecular formula is C9H17N3O2S. The monoisotopic (exact) mass is 231 g/mol. The molecule has 1 aromatic rings. The Bertz CT molecular complexity index is 395. The lowest BCUT2D eigenvalue weighted by Gasteiger charge is -2.22. The van der Waals surface area contributed by atoms with Crippen LogP contribution in [0.15, 0.2) is 23.4 Å². The van der Waals surface area contributed by atoms with Gasteiger partial charge in [0, 0.05) is 12.7 Å². The zero-order valence-corrected chi connectivity index (χ0v) is 9.76. The summed E-state index contributed by atoms with van der Waals surface area (Å²) in [7, 11) is -3.42. The molecule has 0 aromatic carbocycles. The molecule has 0 fully saturated rings. The van der Waals surface area contributed by atoms with Crippen molar-refractivity contribution < 1.29 is 8.42 Å². The average molecular weight is 231 g/mol. The second-order valence-corrected chi connectivity index (χ2v) is 5.96. The fourth-order valence-corrected chi connectivity index (χ4v) is 2.14. The first-order valence-corrected chi connectivity index (χ1v) is 6.19. The van der Waals surface area contributed by atoms with E-state index >= 15 is 0 Å². The van der Waals surface area contributed by atoms with Crippen LogP contribution in [0.2, 0.25) is 0 Å². The summed E-state index contributed by atoms with van der Waals surface area (Å²) in [6.45, 7) is 4.57. The molecule has 0 radical (unpaired) electrons. The van der Waals surface area contributed by atoms with E-state index in [0.29, 0.717) is 13.1 Å². The van der Waals surface area contributed by atoms with Crippen LogP contribution in [-0.2, 0) is 10.0 Å². The number of aromatic amines is 1. The van der Waals surface area contributed by atoms with Crippen LogP contribution in [0.25, 0.3) is 0 Å². The normalized spacial score (nSPS) is 13.0. The standard InChI is InChI=1S/C9H17N3O2S/c1-9(2,6-10)7-12-15(13,14)8-4-3-5-11-8/h3-5,11-12H,6-7,10H2,1-2H3. The van der Waals surface area contributed by atoms with E-state index < -0.39 is 10.0 Å². The molecule has 4 N–H and O–H groups in total. The minimum atomic E-state index is -3.42. The molecule has 15 heavy (non-hydrogen) atoms. The highest BCUT2D eigenvalue weighted by molar-refractivity contribution is 7.89. The summed E-state index contributed by atoms with van der Waals surface area (Å²) in [6.07, 6.45) is 1.57. The summed E-state index contributed by atoms with van der Waals surface area (Å²) < 4.78 is 25.9. The molecule has 1 aromatic heterocycles. The lowest BCUT2D eigenvalue weighted by molar-refractivity contribution is 0.376. The van der Waals surface area contributed by atoms with Crippen molar-refractivity contribution >= 4 is 10.0 Å². The Hall–Kier alpha value is -0.850. The molecule has 6 heteroatoms. The van der Waals surface area contributed by atoms with Crippen molar-refractivity contribution in [2.45, 2.75) is 18.9 Å². The van der Waals surface area contributed by atoms with Crippen molar-refractivity contribution in [2.24, 2.45) is 11.1 Å². The van der Waals surface area contributed by atoms with E-state index in [1.54, 1.807) is 12.3 Å². The van der Waals surface area contributed by atoms with Crippen LogP contribution in [0.4, 0.5) is 0 Å². The fourth-order valence-electron chi connectivity index (χ4n) is 0.921. The third-order valence-corrected chi connectivity index (χ3v) is 3.51. The minimum Gasteiger partial charge on any atom is -0.351 e. The van der Waals surface area contributed by atoms with E-state index in [1.807, 2.05) is 13.8 Å². The van der Waals surface area contributed by atoms with E-state index in [0.717, 1.165) is 0 Å². The van der Waals surface area contributed by atoms with Crippen molar-refractivity contribution in [3.63, 3.8) is 0 Å². The molecule has 0 aliphatic rings. The number of H-pyrrole nitrogens is 1. The van der Waals surface area contributed by atoms with E-state index in [1.165, 1.54) is 6.07 Å². The fraction of sp³-hybridized carbons (Fsp3) is 0.556. The molecule has 1 heterocycles. The summed E-state index contributed by atoms with van der Waals surface area (Å²) in [4.78, 5) is 2.65. The van der Waals surface area contributed by atoms with Crippen molar-refractivity contribution in [2.75, 3.05) is 13.1 Å². The molecule has 0 aliphatic heterocycles. The lowest BCUT2D eigenvalue weighted by atomic mass is 9.95. The van der Waals surface area contributed by atoms with Crippen LogP contribution < -0.4 is 10.5 Å². The van der Waals surface area contributed by atoms with Gasteiger partial charge in [-0.1, -0.05) is 13.8 Å². The van der Waals surface area contributed by atoms with Crippen LogP contribution in [0.3, 0.4) is 0 Å². The molecule has 86 valence electrons. The van der Waals surface area contributed by atoms with E-state index in [9.17, 15) is 8.42 Å². The maximum absolute atomic E-state index is 11.7. The maximum Gasteiger partial charge on any atom is 0.256 e. The first kappa shape index (κ1) is 12.2. The van der Waals surface area contributed by atoms with Gasteiger partial charge in [0.2, 0.25) is 0 Å². The van der Waals surface area contributed by atoms with Crippen LogP contribution in [0.5, 0.6) is 0 Å². The van der Waals surface area contributed by atoms with Crippen molar-refractivity contribution in [3.8, 4) is 0 Å². The second-order valence-electron chi connectivity index (χ2n) is 4.23. The highest BCUT2D eigenvalue weighted by Gasteiger charge is 2.21. The van der Waals surface area contributed by atoms with Crippen molar-refractivity contribution in [3.05, 3.63) is 18.3 Å². The number of sulfonamides is 1. The van der Waals surface area contributed by atoms with Gasteiger partial charge < -0.3 is 10.7 Å². The highest BCUT2D eigenvalue weighted by atomic mass is 32.2. The predicted molar refractivity (Wildman–Crippen MR) is 58.8 cm³/mol. The molecule has 0 aliphatic carbocycles. The van der Waals surface area contributed by atoms with Gasteiger partial charge in [0.05, 0.1) is 0 Å². The molecule has 0 spiro atoms. The van der Waals surface area contributed by atoms with Gasteiger partial charge in [-0.2, -0.15) is 0 Å². The minimum absolute atomic E-state index is 0.176. The van der Waals surface area contributed by atoms with Gasteiger partial charge >= 0.3 is 0 Å². The maximum atomic E-state index is 11.7. The summed E-state index contributed by atoms with van der Waals surface area (Å²) >= 11 is 0. The molecule has 0 unspecified atom stereocenters. The Morgan fingerprint density at radius 3 is 2.67 bits per heavy atom. The predicted octanol–water partition coefficient (Wildman–Crippen LogP) is 0.278. The highest BCUT2D eigenvalue weighted by Crippen LogP contribution is 2.12. The van der Waals surface area contributed by atoms with E-state index in [4.69, 9.17) is 5.73 Å². The SMILES string of the molecule is CC(C)(CN)CNS(=O)(=O)c1ccc[nH]1. The topological polar surface area (TPSA) is 88.0 Å². The quantitative estimate of drug-likeness (QED) is 0.680. The van der Waals surface area contributed by atoms with Crippen LogP contribution in [0.1, 0.15) is 13.8 Å². The summed E-state index contributed by atoms with van der Waals surface area (Å²) in [5.74, 6) is 0. The van der Waals surface area contributed by atoms with Gasteiger partial charge in [-0.3, -0.25) is 0 Å². The van der Waals surface area contributed by atoms with Crippen LogP contribution in [-0.4, -0.2) is 26.5 Å². The number of hydrogen-bond acceptors (Lipinski definition) is 3. The van der Waals surface area contributed by atoms with Gasteiger partial charge in [0.25, 0.3) is 10.0 Å². The zero-order valence-electron chi connectivity index (χ0n) is 8.95. The van der Waals surface area contributed by atoms with Gasteiger partial charge in [-0.05, 0) is 24.1 Å². The summed E-state index contributed by atoms with van der Waals surface area (Å²) in [5.41, 5.74) is 5.28. The molecule has 0 amide bonds. The van der Waals surface area contributed by atoms with Crippen molar-refractivity contribution in [1.29, 1.82) is 0 Å². The molecule has 1 rings (SSSR count). The van der Waals surface area contributed by atoms with E-state index in [-0.39, 0.29) is 10.4 Å². The largest absolute Gasteiger partial charge is 0.351 e. The van der Waals surface area contributed by atoms with Gasteiger partial charge in [-0.25, -0.2) is 13.1 Å². The Labute approximate surface area is 90.1 Å². The molecule has 0 atom stereocenters. The number of nitrogens with one attached hydrogen (secondary N) is 2.